The van der Waals surface area contributed by atoms with Crippen molar-refractivity contribution in [1.82, 2.24) is 14.9 Å². The van der Waals surface area contributed by atoms with Crippen LogP contribution in [0.15, 0.2) is 9.95 Å². The fourth-order valence-corrected chi connectivity index (χ4v) is 7.34. The predicted octanol–water partition coefficient (Wildman–Crippen LogP) is 3.99. The van der Waals surface area contributed by atoms with Gasteiger partial charge in [-0.2, -0.15) is 0 Å². The number of piperidine rings is 1. The summed E-state index contributed by atoms with van der Waals surface area (Å²) >= 11 is 3.04. The van der Waals surface area contributed by atoms with E-state index in [1.54, 1.807) is 11.3 Å². The molecule has 3 aliphatic rings. The fourth-order valence-electron chi connectivity index (χ4n) is 5.26. The molecule has 1 amide bonds. The zero-order chi connectivity index (χ0) is 19.1. The molecule has 0 bridgehead atoms. The summed E-state index contributed by atoms with van der Waals surface area (Å²) in [4.78, 5) is 37.2. The molecule has 1 saturated heterocycles. The number of nitrogens with zero attached hydrogens (tertiary/aromatic N) is 2. The Bertz CT molecular complexity index is 951. The average molecular weight is 418 g/mol. The summed E-state index contributed by atoms with van der Waals surface area (Å²) in [5.41, 5.74) is 1.17. The molecule has 150 valence electrons. The third kappa shape index (κ3) is 3.52. The van der Waals surface area contributed by atoms with Crippen LogP contribution in [0.2, 0.25) is 0 Å². The Hall–Kier alpha value is -1.34. The summed E-state index contributed by atoms with van der Waals surface area (Å²) in [6, 6.07) is 0. The van der Waals surface area contributed by atoms with Gasteiger partial charge in [0.25, 0.3) is 5.56 Å². The third-order valence-electron chi connectivity index (χ3n) is 6.78. The van der Waals surface area contributed by atoms with Crippen molar-refractivity contribution < 1.29 is 4.79 Å². The molecule has 2 fully saturated rings. The van der Waals surface area contributed by atoms with E-state index >= 15 is 0 Å². The molecule has 5 rings (SSSR count). The number of thioether (sulfide) groups is 1. The Morgan fingerprint density at radius 2 is 1.96 bits per heavy atom. The molecule has 7 heteroatoms. The van der Waals surface area contributed by atoms with E-state index in [1.165, 1.54) is 54.3 Å². The van der Waals surface area contributed by atoms with E-state index in [1.807, 2.05) is 4.90 Å². The Kier molecular flexibility index (Phi) is 5.22. The monoisotopic (exact) mass is 417 g/mol. The van der Waals surface area contributed by atoms with Crippen molar-refractivity contribution in [2.24, 2.45) is 11.8 Å². The van der Waals surface area contributed by atoms with E-state index in [0.717, 1.165) is 54.9 Å². The highest BCUT2D eigenvalue weighted by molar-refractivity contribution is 7.99. The van der Waals surface area contributed by atoms with Gasteiger partial charge in [0.2, 0.25) is 5.91 Å². The molecular weight excluding hydrogens is 390 g/mol. The Morgan fingerprint density at radius 3 is 2.86 bits per heavy atom. The third-order valence-corrected chi connectivity index (χ3v) is 8.82. The summed E-state index contributed by atoms with van der Waals surface area (Å²) in [6.45, 7) is 1.81. The summed E-state index contributed by atoms with van der Waals surface area (Å²) < 4.78 is 0. The van der Waals surface area contributed by atoms with Gasteiger partial charge in [-0.25, -0.2) is 4.98 Å². The molecule has 2 atom stereocenters. The van der Waals surface area contributed by atoms with Gasteiger partial charge in [-0.05, 0) is 55.9 Å². The second-order valence-electron chi connectivity index (χ2n) is 8.48. The number of thiophene rings is 1. The smallest absolute Gasteiger partial charge is 0.260 e. The molecule has 0 spiro atoms. The zero-order valence-electron chi connectivity index (χ0n) is 16.2. The SMILES string of the molecule is O=C(CSc1nc2sc3c(c2c(=O)[nH]1)CCCC3)N1CC[C@H]2CCCC[C@@H]2C1. The van der Waals surface area contributed by atoms with E-state index in [-0.39, 0.29) is 11.5 Å². The van der Waals surface area contributed by atoms with Gasteiger partial charge >= 0.3 is 0 Å². The second kappa shape index (κ2) is 7.82. The fraction of sp³-hybridized carbons (Fsp3) is 0.667. The van der Waals surface area contributed by atoms with E-state index in [2.05, 4.69) is 9.97 Å². The first kappa shape index (κ1) is 18.7. The number of hydrogen-bond donors (Lipinski definition) is 1. The molecule has 0 radical (unpaired) electrons. The normalized spacial score (nSPS) is 24.8. The Balaban J connectivity index is 1.27. The predicted molar refractivity (Wildman–Crippen MR) is 114 cm³/mol. The number of nitrogens with one attached hydrogen (secondary N) is 1. The maximum atomic E-state index is 12.7. The first-order chi connectivity index (χ1) is 13.7. The number of carbonyl (C=O) groups excluding carboxylic acids is 1. The average Bonchev–Trinajstić information content (AvgIpc) is 3.10. The summed E-state index contributed by atoms with van der Waals surface area (Å²) in [5, 5.41) is 1.37. The Labute approximate surface area is 173 Å². The van der Waals surface area contributed by atoms with Crippen molar-refractivity contribution in [3.63, 3.8) is 0 Å². The minimum absolute atomic E-state index is 0.0395. The second-order valence-corrected chi connectivity index (χ2v) is 10.5. The van der Waals surface area contributed by atoms with Gasteiger partial charge in [0.05, 0.1) is 11.1 Å². The standard InChI is InChI=1S/C21H27N3O2S2/c25-17(24-10-9-13-5-1-2-6-14(13)11-24)12-27-21-22-19(26)18-15-7-3-4-8-16(15)28-20(18)23-21/h13-14H,1-12H2,(H,22,23,26)/t13-,14-/m1/s1. The number of fused-ring (bicyclic) bond motifs is 4. The van der Waals surface area contributed by atoms with E-state index in [4.69, 9.17) is 0 Å². The largest absolute Gasteiger partial charge is 0.342 e. The maximum Gasteiger partial charge on any atom is 0.260 e. The number of aryl methyl sites for hydroxylation is 2. The van der Waals surface area contributed by atoms with Gasteiger partial charge in [-0.3, -0.25) is 9.59 Å². The number of amides is 1. The highest BCUT2D eigenvalue weighted by Gasteiger charge is 2.32. The minimum atomic E-state index is -0.0395. The van der Waals surface area contributed by atoms with Crippen molar-refractivity contribution in [2.45, 2.75) is 62.9 Å². The van der Waals surface area contributed by atoms with E-state index < -0.39 is 0 Å². The van der Waals surface area contributed by atoms with Gasteiger partial charge in [-0.15, -0.1) is 11.3 Å². The lowest BCUT2D eigenvalue weighted by Gasteiger charge is -2.41. The van der Waals surface area contributed by atoms with E-state index in [9.17, 15) is 9.59 Å². The number of aromatic nitrogens is 2. The van der Waals surface area contributed by atoms with Crippen LogP contribution in [0, 0.1) is 11.8 Å². The van der Waals surface area contributed by atoms with Crippen LogP contribution in [0.5, 0.6) is 0 Å². The van der Waals surface area contributed by atoms with Crippen molar-refractivity contribution in [1.29, 1.82) is 0 Å². The Morgan fingerprint density at radius 1 is 1.14 bits per heavy atom. The molecule has 1 saturated carbocycles. The van der Waals surface area contributed by atoms with Crippen LogP contribution in [-0.2, 0) is 17.6 Å². The van der Waals surface area contributed by atoms with Crippen molar-refractivity contribution in [3.8, 4) is 0 Å². The summed E-state index contributed by atoms with van der Waals surface area (Å²) in [5.74, 6) is 2.07. The number of H-pyrrole nitrogens is 1. The lowest BCUT2D eigenvalue weighted by atomic mass is 9.75. The lowest BCUT2D eigenvalue weighted by molar-refractivity contribution is -0.131. The molecule has 2 aliphatic carbocycles. The van der Waals surface area contributed by atoms with Crippen molar-refractivity contribution in [3.05, 3.63) is 20.8 Å². The molecule has 1 aliphatic heterocycles. The molecule has 1 N–H and O–H groups in total. The highest BCUT2D eigenvalue weighted by Crippen LogP contribution is 2.37. The number of rotatable bonds is 3. The molecule has 0 unspecified atom stereocenters. The maximum absolute atomic E-state index is 12.7. The van der Waals surface area contributed by atoms with E-state index in [0.29, 0.717) is 16.8 Å². The number of hydrogen-bond acceptors (Lipinski definition) is 5. The minimum Gasteiger partial charge on any atom is -0.342 e. The molecular formula is C21H27N3O2S2. The van der Waals surface area contributed by atoms with Gasteiger partial charge in [-0.1, -0.05) is 31.0 Å². The first-order valence-electron chi connectivity index (χ1n) is 10.6. The molecule has 2 aromatic heterocycles. The topological polar surface area (TPSA) is 66.1 Å². The quantitative estimate of drug-likeness (QED) is 0.606. The number of aromatic amines is 1. The van der Waals surface area contributed by atoms with Crippen LogP contribution < -0.4 is 5.56 Å². The van der Waals surface area contributed by atoms with Crippen LogP contribution in [0.25, 0.3) is 10.2 Å². The zero-order valence-corrected chi connectivity index (χ0v) is 17.8. The van der Waals surface area contributed by atoms with Crippen molar-refractivity contribution in [2.75, 3.05) is 18.8 Å². The van der Waals surface area contributed by atoms with Crippen molar-refractivity contribution >= 4 is 39.2 Å². The van der Waals surface area contributed by atoms with Gasteiger partial charge in [0.1, 0.15) is 4.83 Å². The van der Waals surface area contributed by atoms with Gasteiger partial charge in [0, 0.05) is 18.0 Å². The molecule has 3 heterocycles. The van der Waals surface area contributed by atoms with Gasteiger partial charge < -0.3 is 9.88 Å². The summed E-state index contributed by atoms with van der Waals surface area (Å²) in [7, 11) is 0. The molecule has 28 heavy (non-hydrogen) atoms. The molecule has 5 nitrogen and oxygen atoms in total. The number of carbonyl (C=O) groups is 1. The highest BCUT2D eigenvalue weighted by atomic mass is 32.2. The molecule has 2 aromatic rings. The van der Waals surface area contributed by atoms with Crippen LogP contribution >= 0.6 is 23.1 Å². The summed E-state index contributed by atoms with van der Waals surface area (Å²) in [6.07, 6.45) is 10.9. The lowest BCUT2D eigenvalue weighted by Crippen LogP contribution is -2.45. The van der Waals surface area contributed by atoms with Crippen LogP contribution in [0.1, 0.15) is 55.4 Å². The van der Waals surface area contributed by atoms with Crippen LogP contribution in [0.3, 0.4) is 0 Å². The molecule has 0 aromatic carbocycles. The van der Waals surface area contributed by atoms with Crippen LogP contribution in [-0.4, -0.2) is 39.6 Å². The van der Waals surface area contributed by atoms with Gasteiger partial charge in [0.15, 0.2) is 5.16 Å². The number of likely N-dealkylation sites (tertiary alicyclic amines) is 1. The first-order valence-corrected chi connectivity index (χ1v) is 12.4. The van der Waals surface area contributed by atoms with Crippen LogP contribution in [0.4, 0.5) is 0 Å².